The van der Waals surface area contributed by atoms with Crippen molar-refractivity contribution >= 4 is 30.3 Å². The van der Waals surface area contributed by atoms with Crippen LogP contribution in [0.1, 0.15) is 89.0 Å². The molecule has 254 valence electrons. The number of nitrogens with zero attached hydrogens (tertiary/aromatic N) is 4. The number of hydrogen-bond acceptors (Lipinski definition) is 8. The van der Waals surface area contributed by atoms with Gasteiger partial charge in [-0.25, -0.2) is 9.37 Å². The highest BCUT2D eigenvalue weighted by molar-refractivity contribution is 7.79. The Morgan fingerprint density at radius 3 is 2.50 bits per heavy atom. The molecule has 10 nitrogen and oxygen atoms in total. The molecule has 48 heavy (non-hydrogen) atoms. The summed E-state index contributed by atoms with van der Waals surface area (Å²) in [7, 11) is 1.67. The first-order chi connectivity index (χ1) is 23.0. The van der Waals surface area contributed by atoms with Crippen molar-refractivity contribution in [1.29, 1.82) is 5.26 Å². The highest BCUT2D eigenvalue weighted by Gasteiger charge is 2.42. The number of thiol groups is 1. The van der Waals surface area contributed by atoms with E-state index in [4.69, 9.17) is 9.72 Å². The Morgan fingerprint density at radius 1 is 1.15 bits per heavy atom. The van der Waals surface area contributed by atoms with Gasteiger partial charge in [0, 0.05) is 56.2 Å². The van der Waals surface area contributed by atoms with E-state index in [9.17, 15) is 24.0 Å². The summed E-state index contributed by atoms with van der Waals surface area (Å²) >= 11 is 3.53. The quantitative estimate of drug-likeness (QED) is 0.221. The number of hydrogen-bond donors (Lipinski definition) is 3. The molecule has 0 spiro atoms. The van der Waals surface area contributed by atoms with Crippen LogP contribution in [0.3, 0.4) is 0 Å². The van der Waals surface area contributed by atoms with Gasteiger partial charge in [-0.2, -0.15) is 17.9 Å². The van der Waals surface area contributed by atoms with Crippen molar-refractivity contribution in [1.82, 2.24) is 19.8 Å². The Kier molecular flexibility index (Phi) is 11.0. The van der Waals surface area contributed by atoms with E-state index < -0.39 is 11.6 Å². The summed E-state index contributed by atoms with van der Waals surface area (Å²) in [6.07, 6.45) is 7.23. The van der Waals surface area contributed by atoms with Crippen molar-refractivity contribution in [3.63, 3.8) is 0 Å². The van der Waals surface area contributed by atoms with Gasteiger partial charge in [0.1, 0.15) is 17.1 Å². The molecule has 3 fully saturated rings. The van der Waals surface area contributed by atoms with Crippen molar-refractivity contribution in [3.8, 4) is 17.2 Å². The van der Waals surface area contributed by atoms with Gasteiger partial charge in [-0.05, 0) is 91.8 Å². The number of alkyl halides is 1. The molecule has 12 heteroatoms. The lowest BCUT2D eigenvalue weighted by Gasteiger charge is -2.42. The molecule has 2 amide bonds. The van der Waals surface area contributed by atoms with E-state index in [1.165, 1.54) is 17.9 Å². The molecule has 3 heterocycles. The molecule has 6 rings (SSSR count). The zero-order valence-corrected chi connectivity index (χ0v) is 28.8. The van der Waals surface area contributed by atoms with E-state index in [0.717, 1.165) is 43.5 Å². The third kappa shape index (κ3) is 8.32. The molecule has 1 unspecified atom stereocenters. The maximum atomic E-state index is 14.3. The number of anilines is 1. The Balaban J connectivity index is 0.00000221. The Labute approximate surface area is 286 Å². The number of carbonyl (C=O) groups is 2. The van der Waals surface area contributed by atoms with Gasteiger partial charge in [-0.1, -0.05) is 13.0 Å². The van der Waals surface area contributed by atoms with Crippen molar-refractivity contribution < 1.29 is 18.7 Å². The predicted octanol–water partition coefficient (Wildman–Crippen LogP) is 5.35. The van der Waals surface area contributed by atoms with Gasteiger partial charge < -0.3 is 24.8 Å². The first-order valence-electron chi connectivity index (χ1n) is 16.3. The minimum atomic E-state index is -1.44. The van der Waals surface area contributed by atoms with E-state index in [1.807, 2.05) is 12.3 Å². The summed E-state index contributed by atoms with van der Waals surface area (Å²) < 4.78 is 21.2. The van der Waals surface area contributed by atoms with E-state index >= 15 is 0 Å². The normalized spacial score (nSPS) is 17.0. The van der Waals surface area contributed by atoms with Crippen LogP contribution >= 0.6 is 12.6 Å². The van der Waals surface area contributed by atoms with Gasteiger partial charge in [0.05, 0.1) is 24.7 Å². The van der Waals surface area contributed by atoms with Crippen molar-refractivity contribution in [2.24, 2.45) is 5.92 Å². The summed E-state index contributed by atoms with van der Waals surface area (Å²) in [5, 5.41) is 15.8. The highest BCUT2D eigenvalue weighted by Crippen LogP contribution is 2.42. The summed E-state index contributed by atoms with van der Waals surface area (Å²) in [5.74, 6) is -0.123. The topological polar surface area (TPSA) is 129 Å². The number of carbonyl (C=O) groups excluding carboxylic acids is 2. The molecule has 2 aliphatic carbocycles. The molecule has 0 radical (unpaired) electrons. The molecule has 1 aromatic carbocycles. The van der Waals surface area contributed by atoms with Crippen molar-refractivity contribution in [2.45, 2.75) is 63.7 Å². The number of benzene rings is 1. The summed E-state index contributed by atoms with van der Waals surface area (Å²) in [5.41, 5.74) is 1.66. The van der Waals surface area contributed by atoms with Crippen LogP contribution in [-0.4, -0.2) is 71.5 Å². The minimum Gasteiger partial charge on any atom is -0.384 e. The van der Waals surface area contributed by atoms with Crippen molar-refractivity contribution in [2.75, 3.05) is 44.9 Å². The molecule has 2 aromatic heterocycles. The number of nitrogens with one attached hydrogen (secondary N) is 2. The van der Waals surface area contributed by atoms with Gasteiger partial charge in [0.2, 0.25) is 0 Å². The fourth-order valence-corrected chi connectivity index (χ4v) is 6.00. The second-order valence-corrected chi connectivity index (χ2v) is 13.2. The minimum absolute atomic E-state index is 0.0216. The number of methoxy groups -OCH3 is 1. The van der Waals surface area contributed by atoms with Crippen LogP contribution in [0.4, 0.5) is 10.2 Å². The Morgan fingerprint density at radius 2 is 1.88 bits per heavy atom. The third-order valence-electron chi connectivity index (χ3n) is 8.66. The maximum Gasteiger partial charge on any atom is 0.263 e. The molecule has 3 aliphatic rings. The van der Waals surface area contributed by atoms with Crippen LogP contribution < -0.4 is 16.2 Å². The maximum absolute atomic E-state index is 14.3. The van der Waals surface area contributed by atoms with Crippen LogP contribution in [0.25, 0.3) is 11.1 Å². The van der Waals surface area contributed by atoms with Crippen LogP contribution in [0.5, 0.6) is 0 Å². The Hall–Kier alpha value is -4.05. The van der Waals surface area contributed by atoms with E-state index in [2.05, 4.69) is 36.3 Å². The molecule has 2 N–H and O–H groups in total. The second-order valence-electron chi connectivity index (χ2n) is 13.2. The van der Waals surface area contributed by atoms with Gasteiger partial charge in [0.25, 0.3) is 17.4 Å². The first kappa shape index (κ1) is 35.3. The van der Waals surface area contributed by atoms with Crippen molar-refractivity contribution in [3.05, 3.63) is 80.9 Å². The summed E-state index contributed by atoms with van der Waals surface area (Å²) in [4.78, 5) is 46.8. The van der Waals surface area contributed by atoms with E-state index in [1.54, 1.807) is 42.2 Å². The molecule has 1 saturated heterocycles. The smallest absolute Gasteiger partial charge is 0.263 e. The largest absolute Gasteiger partial charge is 0.384 e. The first-order valence-corrected chi connectivity index (χ1v) is 17.2. The van der Waals surface area contributed by atoms with Crippen LogP contribution in [-0.2, 0) is 11.3 Å². The molecule has 1 aliphatic heterocycles. The zero-order chi connectivity index (χ0) is 34.6. The van der Waals surface area contributed by atoms with Gasteiger partial charge in [-0.15, -0.1) is 0 Å². The molecular weight excluding hydrogens is 631 g/mol. The fourth-order valence-electron chi connectivity index (χ4n) is 6.00. The average Bonchev–Trinajstić information content (AvgIpc) is 3.98. The monoisotopic (exact) mass is 674 g/mol. The molecule has 0 bridgehead atoms. The Bertz CT molecular complexity index is 1770. The van der Waals surface area contributed by atoms with Gasteiger partial charge >= 0.3 is 0 Å². The standard InChI is InChI=1S/C35H39FN6O4.CH4S/c1-21(18-46-3)15-38-16-23-11-29(34(45)42(17-23)26-7-8-26)32(43)40-31-13-25(12-30(39-31)24-5-6-24)27-9-4-22(14-37)10-28(27)33(44)41-19-35(2,36)20-41;1-2/h4,9-13,17,21,24,26,38H,5-8,15-16,18-20H2,1-3H3,(H,39,40,43);2H,1H3. The van der Waals surface area contributed by atoms with E-state index in [-0.39, 0.29) is 53.5 Å². The van der Waals surface area contributed by atoms with Gasteiger partial charge in [-0.3, -0.25) is 14.4 Å². The number of rotatable bonds is 12. The van der Waals surface area contributed by atoms with Crippen LogP contribution in [0, 0.1) is 17.2 Å². The third-order valence-corrected chi connectivity index (χ3v) is 8.66. The lowest BCUT2D eigenvalue weighted by Crippen LogP contribution is -2.59. The molecule has 2 saturated carbocycles. The fraction of sp³-hybridized carbons (Fsp3) is 0.472. The number of nitriles is 1. The SMILES string of the molecule is COCC(C)CNCc1cc(C(=O)Nc2cc(-c3ccc(C#N)cc3C(=O)N3CC(C)(F)C3)cc(C3CC3)n2)c(=O)n(C2CC2)c1.CS. The van der Waals surface area contributed by atoms with Gasteiger partial charge in [0.15, 0.2) is 0 Å². The van der Waals surface area contributed by atoms with E-state index in [0.29, 0.717) is 35.8 Å². The highest BCUT2D eigenvalue weighted by atomic mass is 32.1. The number of pyridine rings is 2. The molecular formula is C36H43FN6O4S. The second kappa shape index (κ2) is 15.0. The number of likely N-dealkylation sites (tertiary alicyclic amines) is 1. The molecule has 1 atom stereocenters. The van der Waals surface area contributed by atoms with Crippen LogP contribution in [0.2, 0.25) is 0 Å². The zero-order valence-electron chi connectivity index (χ0n) is 27.9. The average molecular weight is 675 g/mol. The number of halogens is 1. The number of amides is 2. The predicted molar refractivity (Wildman–Crippen MR) is 186 cm³/mol. The number of ether oxygens (including phenoxy) is 1. The van der Waals surface area contributed by atoms with Crippen LogP contribution in [0.15, 0.2) is 47.4 Å². The molecule has 3 aromatic rings. The number of aromatic nitrogens is 2. The summed E-state index contributed by atoms with van der Waals surface area (Å²) in [6, 6.07) is 12.2. The summed E-state index contributed by atoms with van der Waals surface area (Å²) in [6.45, 7) is 5.35. The lowest BCUT2D eigenvalue weighted by atomic mass is 9.93. The lowest BCUT2D eigenvalue weighted by molar-refractivity contribution is -0.00780.